The van der Waals surface area contributed by atoms with Crippen molar-refractivity contribution in [2.45, 2.75) is 26.7 Å². The van der Waals surface area contributed by atoms with E-state index in [-0.39, 0.29) is 11.8 Å². The summed E-state index contributed by atoms with van der Waals surface area (Å²) >= 11 is 0. The van der Waals surface area contributed by atoms with E-state index in [1.54, 1.807) is 6.07 Å². The Morgan fingerprint density at radius 3 is 3.06 bits per heavy atom. The topological polar surface area (TPSA) is 93.6 Å². The third-order valence-corrected chi connectivity index (χ3v) is 2.28. The highest BCUT2D eigenvalue weighted by molar-refractivity contribution is 5.95. The third-order valence-electron chi connectivity index (χ3n) is 2.28. The van der Waals surface area contributed by atoms with Gasteiger partial charge in [0.15, 0.2) is 5.84 Å². The van der Waals surface area contributed by atoms with Gasteiger partial charge >= 0.3 is 6.01 Å². The molecule has 0 aliphatic carbocycles. The molecule has 0 aromatic carbocycles. The largest absolute Gasteiger partial charge is 0.463 e. The molecule has 1 unspecified atom stereocenters. The molecule has 6 nitrogen and oxygen atoms in total. The Hall–Kier alpha value is -1.85. The van der Waals surface area contributed by atoms with Gasteiger partial charge in [-0.25, -0.2) is 4.98 Å². The van der Waals surface area contributed by atoms with Crippen molar-refractivity contribution in [3.8, 4) is 6.01 Å². The van der Waals surface area contributed by atoms with Gasteiger partial charge in [0.05, 0.1) is 6.61 Å². The summed E-state index contributed by atoms with van der Waals surface area (Å²) in [6, 6.07) is 1.80. The van der Waals surface area contributed by atoms with Crippen molar-refractivity contribution in [3.63, 3.8) is 0 Å². The Morgan fingerprint density at radius 1 is 1.65 bits per heavy atom. The summed E-state index contributed by atoms with van der Waals surface area (Å²) in [6.07, 6.45) is 3.73. The fraction of sp³-hybridized carbons (Fsp3) is 0.545. The van der Waals surface area contributed by atoms with Gasteiger partial charge in [0.1, 0.15) is 5.69 Å². The highest BCUT2D eigenvalue weighted by Crippen LogP contribution is 2.08. The van der Waals surface area contributed by atoms with Gasteiger partial charge in [-0.15, -0.1) is 0 Å². The lowest BCUT2D eigenvalue weighted by molar-refractivity contribution is 0.233. The molecule has 0 aliphatic heterocycles. The van der Waals surface area contributed by atoms with Crippen LogP contribution in [0.25, 0.3) is 0 Å². The minimum Gasteiger partial charge on any atom is -0.463 e. The quantitative estimate of drug-likeness (QED) is 0.338. The Morgan fingerprint density at radius 2 is 2.41 bits per heavy atom. The van der Waals surface area contributed by atoms with Gasteiger partial charge in [-0.2, -0.15) is 4.98 Å². The van der Waals surface area contributed by atoms with Gasteiger partial charge in [0.25, 0.3) is 0 Å². The number of rotatable bonds is 6. The summed E-state index contributed by atoms with van der Waals surface area (Å²) in [4.78, 5) is 7.99. The average molecular weight is 238 g/mol. The first-order chi connectivity index (χ1) is 8.17. The molecule has 0 fully saturated rings. The van der Waals surface area contributed by atoms with E-state index in [1.807, 2.05) is 0 Å². The van der Waals surface area contributed by atoms with Gasteiger partial charge in [-0.3, -0.25) is 0 Å². The first-order valence-electron chi connectivity index (χ1n) is 5.61. The Bertz CT molecular complexity index is 381. The van der Waals surface area contributed by atoms with Crippen LogP contribution in [0.1, 0.15) is 32.4 Å². The second-order valence-corrected chi connectivity index (χ2v) is 3.91. The van der Waals surface area contributed by atoms with Crippen molar-refractivity contribution in [2.24, 2.45) is 16.8 Å². The van der Waals surface area contributed by atoms with Crippen molar-refractivity contribution in [1.29, 1.82) is 0 Å². The number of hydrogen-bond acceptors (Lipinski definition) is 5. The minimum atomic E-state index is -0.0566. The number of ether oxygens (including phenoxy) is 1. The second-order valence-electron chi connectivity index (χ2n) is 3.91. The number of hydrogen-bond donors (Lipinski definition) is 2. The van der Waals surface area contributed by atoms with E-state index < -0.39 is 0 Å². The molecule has 0 aliphatic rings. The lowest BCUT2D eigenvalue weighted by atomic mass is 10.1. The highest BCUT2D eigenvalue weighted by Gasteiger charge is 2.06. The Kier molecular flexibility index (Phi) is 5.19. The van der Waals surface area contributed by atoms with Gasteiger partial charge in [-0.1, -0.05) is 25.4 Å². The molecular weight excluding hydrogens is 220 g/mol. The first-order valence-corrected chi connectivity index (χ1v) is 5.61. The summed E-state index contributed by atoms with van der Waals surface area (Å²) in [5, 5.41) is 11.4. The van der Waals surface area contributed by atoms with E-state index in [0.29, 0.717) is 18.2 Å². The third kappa shape index (κ3) is 4.26. The van der Waals surface area contributed by atoms with Crippen molar-refractivity contribution < 1.29 is 9.94 Å². The van der Waals surface area contributed by atoms with Crippen LogP contribution in [-0.4, -0.2) is 27.6 Å². The molecule has 3 N–H and O–H groups in total. The van der Waals surface area contributed by atoms with Crippen molar-refractivity contribution >= 4 is 5.84 Å². The van der Waals surface area contributed by atoms with Crippen LogP contribution < -0.4 is 10.5 Å². The Balaban J connectivity index is 2.60. The van der Waals surface area contributed by atoms with Crippen molar-refractivity contribution in [1.82, 2.24) is 9.97 Å². The fourth-order valence-corrected chi connectivity index (χ4v) is 1.40. The van der Waals surface area contributed by atoms with Crippen LogP contribution in [-0.2, 0) is 0 Å². The average Bonchev–Trinajstić information content (AvgIpc) is 2.36. The Labute approximate surface area is 101 Å². The van der Waals surface area contributed by atoms with Crippen molar-refractivity contribution in [3.05, 3.63) is 18.0 Å². The maximum atomic E-state index is 8.53. The van der Waals surface area contributed by atoms with E-state index in [2.05, 4.69) is 29.0 Å². The van der Waals surface area contributed by atoms with Gasteiger partial charge in [0.2, 0.25) is 0 Å². The zero-order valence-corrected chi connectivity index (χ0v) is 10.1. The van der Waals surface area contributed by atoms with E-state index in [1.165, 1.54) is 6.20 Å². The zero-order valence-electron chi connectivity index (χ0n) is 10.1. The summed E-state index contributed by atoms with van der Waals surface area (Å²) in [7, 11) is 0. The molecule has 1 heterocycles. The predicted octanol–water partition coefficient (Wildman–Crippen LogP) is 1.39. The molecule has 1 aromatic heterocycles. The lowest BCUT2D eigenvalue weighted by Gasteiger charge is -2.10. The summed E-state index contributed by atoms with van der Waals surface area (Å²) in [6.45, 7) is 4.80. The molecular formula is C11H18N4O2. The molecule has 94 valence electrons. The number of oxime groups is 1. The molecule has 6 heteroatoms. The standard InChI is InChI=1S/C11H18N4O2/c1-3-4-8(2)7-17-11-13-6-5-9(14-11)10(12)15-16/h5-6,8,16H,3-4,7H2,1-2H3,(H2,12,15). The molecule has 1 aromatic rings. The SMILES string of the molecule is CCCC(C)COc1nccc(/C(N)=N/O)n1. The number of nitrogens with two attached hydrogens (primary N) is 1. The zero-order chi connectivity index (χ0) is 12.7. The minimum absolute atomic E-state index is 0.0566. The van der Waals surface area contributed by atoms with Crippen molar-refractivity contribution in [2.75, 3.05) is 6.61 Å². The maximum absolute atomic E-state index is 8.53. The van der Waals surface area contributed by atoms with E-state index >= 15 is 0 Å². The van der Waals surface area contributed by atoms with Gasteiger partial charge in [-0.05, 0) is 18.4 Å². The smallest absolute Gasteiger partial charge is 0.317 e. The number of amidine groups is 1. The van der Waals surface area contributed by atoms with Crippen LogP contribution in [0.3, 0.4) is 0 Å². The highest BCUT2D eigenvalue weighted by atomic mass is 16.5. The molecule has 1 rings (SSSR count). The van der Waals surface area contributed by atoms with Gasteiger partial charge in [0, 0.05) is 6.20 Å². The summed E-state index contributed by atoms with van der Waals surface area (Å²) in [5.41, 5.74) is 5.77. The predicted molar refractivity (Wildman–Crippen MR) is 64.1 cm³/mol. The van der Waals surface area contributed by atoms with Crippen LogP contribution in [0.4, 0.5) is 0 Å². The van der Waals surface area contributed by atoms with Crippen LogP contribution >= 0.6 is 0 Å². The molecule has 1 atom stereocenters. The molecule has 0 saturated carbocycles. The molecule has 0 saturated heterocycles. The van der Waals surface area contributed by atoms with Crippen LogP contribution in [0.2, 0.25) is 0 Å². The summed E-state index contributed by atoms with van der Waals surface area (Å²) < 4.78 is 5.44. The fourth-order valence-electron chi connectivity index (χ4n) is 1.40. The van der Waals surface area contributed by atoms with Gasteiger partial charge < -0.3 is 15.7 Å². The monoisotopic (exact) mass is 238 g/mol. The van der Waals surface area contributed by atoms with Crippen LogP contribution in [0.15, 0.2) is 17.4 Å². The second kappa shape index (κ2) is 6.67. The molecule has 17 heavy (non-hydrogen) atoms. The molecule has 0 radical (unpaired) electrons. The molecule has 0 amide bonds. The van der Waals surface area contributed by atoms with E-state index in [9.17, 15) is 0 Å². The van der Waals surface area contributed by atoms with Crippen LogP contribution in [0, 0.1) is 5.92 Å². The maximum Gasteiger partial charge on any atom is 0.317 e. The summed E-state index contributed by atoms with van der Waals surface area (Å²) in [5.74, 6) is 0.398. The van der Waals surface area contributed by atoms with Crippen LogP contribution in [0.5, 0.6) is 6.01 Å². The van der Waals surface area contributed by atoms with E-state index in [4.69, 9.17) is 15.7 Å². The number of nitrogens with zero attached hydrogens (tertiary/aromatic N) is 3. The molecule has 0 spiro atoms. The lowest BCUT2D eigenvalue weighted by Crippen LogP contribution is -2.16. The first kappa shape index (κ1) is 13.2. The number of aromatic nitrogens is 2. The van der Waals surface area contributed by atoms with E-state index in [0.717, 1.165) is 12.8 Å². The molecule has 0 bridgehead atoms. The normalized spacial score (nSPS) is 13.4.